The third-order valence-electron chi connectivity index (χ3n) is 3.02. The van der Waals surface area contributed by atoms with Gasteiger partial charge in [0.1, 0.15) is 0 Å². The van der Waals surface area contributed by atoms with Gasteiger partial charge < -0.3 is 5.11 Å². The molecule has 0 saturated heterocycles. The van der Waals surface area contributed by atoms with Gasteiger partial charge in [-0.3, -0.25) is 0 Å². The summed E-state index contributed by atoms with van der Waals surface area (Å²) in [5.74, 6) is 0.736. The predicted octanol–water partition coefficient (Wildman–Crippen LogP) is 4.89. The quantitative estimate of drug-likeness (QED) is 0.820. The van der Waals surface area contributed by atoms with E-state index in [1.54, 1.807) is 11.3 Å². The standard InChI is InChI=1S/C11H14Br2OS/c12-8-6-10(15-11(8)13)9(14)5-7-3-1-2-4-7/h6-7,9,14H,1-5H2. The van der Waals surface area contributed by atoms with Crippen molar-refractivity contribution in [3.8, 4) is 0 Å². The highest BCUT2D eigenvalue weighted by Gasteiger charge is 2.21. The fourth-order valence-corrected chi connectivity index (χ4v) is 4.29. The van der Waals surface area contributed by atoms with Crippen molar-refractivity contribution in [2.75, 3.05) is 0 Å². The van der Waals surface area contributed by atoms with E-state index in [0.29, 0.717) is 0 Å². The first-order chi connectivity index (χ1) is 7.16. The lowest BCUT2D eigenvalue weighted by molar-refractivity contribution is 0.148. The molecule has 1 aliphatic carbocycles. The summed E-state index contributed by atoms with van der Waals surface area (Å²) in [4.78, 5) is 1.07. The first-order valence-electron chi connectivity index (χ1n) is 5.29. The monoisotopic (exact) mass is 352 g/mol. The Morgan fingerprint density at radius 2 is 2.07 bits per heavy atom. The zero-order valence-electron chi connectivity index (χ0n) is 8.38. The normalized spacial score (nSPS) is 19.7. The fourth-order valence-electron chi connectivity index (χ4n) is 2.21. The molecule has 0 bridgehead atoms. The van der Waals surface area contributed by atoms with Crippen LogP contribution in [0.1, 0.15) is 43.1 Å². The summed E-state index contributed by atoms with van der Waals surface area (Å²) >= 11 is 8.53. The van der Waals surface area contributed by atoms with E-state index in [4.69, 9.17) is 0 Å². The second kappa shape index (κ2) is 5.30. The Morgan fingerprint density at radius 1 is 1.40 bits per heavy atom. The van der Waals surface area contributed by atoms with Crippen LogP contribution >= 0.6 is 43.2 Å². The predicted molar refractivity (Wildman–Crippen MR) is 71.3 cm³/mol. The molecule has 1 aromatic heterocycles. The second-order valence-corrected chi connectivity index (χ2v) is 7.43. The van der Waals surface area contributed by atoms with Gasteiger partial charge in [-0.1, -0.05) is 25.7 Å². The van der Waals surface area contributed by atoms with Gasteiger partial charge in [-0.05, 0) is 50.3 Å². The highest BCUT2D eigenvalue weighted by atomic mass is 79.9. The van der Waals surface area contributed by atoms with Crippen LogP contribution in [-0.2, 0) is 0 Å². The molecule has 15 heavy (non-hydrogen) atoms. The smallest absolute Gasteiger partial charge is 0.0885 e. The molecule has 4 heteroatoms. The summed E-state index contributed by atoms with van der Waals surface area (Å²) in [6, 6.07) is 2.02. The molecule has 84 valence electrons. The number of aliphatic hydroxyl groups is 1. The average Bonchev–Trinajstić information content (AvgIpc) is 2.78. The molecular weight excluding hydrogens is 340 g/mol. The van der Waals surface area contributed by atoms with Gasteiger partial charge in [-0.25, -0.2) is 0 Å². The van der Waals surface area contributed by atoms with Crippen LogP contribution in [0.25, 0.3) is 0 Å². The van der Waals surface area contributed by atoms with E-state index in [0.717, 1.165) is 25.5 Å². The van der Waals surface area contributed by atoms with E-state index in [-0.39, 0.29) is 6.10 Å². The van der Waals surface area contributed by atoms with Crippen molar-refractivity contribution in [3.63, 3.8) is 0 Å². The molecule has 1 heterocycles. The van der Waals surface area contributed by atoms with Crippen LogP contribution < -0.4 is 0 Å². The van der Waals surface area contributed by atoms with Gasteiger partial charge in [0.2, 0.25) is 0 Å². The summed E-state index contributed by atoms with van der Waals surface area (Å²) in [5.41, 5.74) is 0. The molecule has 1 aliphatic rings. The Balaban J connectivity index is 1.97. The lowest BCUT2D eigenvalue weighted by Crippen LogP contribution is -2.02. The van der Waals surface area contributed by atoms with E-state index < -0.39 is 0 Å². The molecule has 0 aliphatic heterocycles. The van der Waals surface area contributed by atoms with Gasteiger partial charge in [0.05, 0.1) is 9.89 Å². The van der Waals surface area contributed by atoms with Crippen LogP contribution in [-0.4, -0.2) is 5.11 Å². The summed E-state index contributed by atoms with van der Waals surface area (Å²) in [6.45, 7) is 0. The van der Waals surface area contributed by atoms with E-state index >= 15 is 0 Å². The van der Waals surface area contributed by atoms with Crippen molar-refractivity contribution < 1.29 is 5.11 Å². The lowest BCUT2D eigenvalue weighted by atomic mass is 9.99. The van der Waals surface area contributed by atoms with Gasteiger partial charge in [0.25, 0.3) is 0 Å². The second-order valence-electron chi connectivity index (χ2n) is 4.17. The van der Waals surface area contributed by atoms with E-state index in [9.17, 15) is 5.11 Å². The first kappa shape index (κ1) is 12.1. The minimum Gasteiger partial charge on any atom is -0.388 e. The van der Waals surface area contributed by atoms with Crippen molar-refractivity contribution in [2.45, 2.75) is 38.2 Å². The van der Waals surface area contributed by atoms with Crippen molar-refractivity contribution in [2.24, 2.45) is 5.92 Å². The maximum Gasteiger partial charge on any atom is 0.0885 e. The zero-order valence-corrected chi connectivity index (χ0v) is 12.4. The highest BCUT2D eigenvalue weighted by Crippen LogP contribution is 2.39. The Morgan fingerprint density at radius 3 is 2.60 bits per heavy atom. The van der Waals surface area contributed by atoms with Crippen LogP contribution in [0.15, 0.2) is 14.3 Å². The van der Waals surface area contributed by atoms with Gasteiger partial charge in [-0.15, -0.1) is 11.3 Å². The first-order valence-corrected chi connectivity index (χ1v) is 7.70. The highest BCUT2D eigenvalue weighted by molar-refractivity contribution is 9.13. The molecule has 1 unspecified atom stereocenters. The minimum absolute atomic E-state index is 0.277. The molecule has 1 nitrogen and oxygen atoms in total. The molecule has 2 rings (SSSR count). The molecule has 0 aromatic carbocycles. The maximum absolute atomic E-state index is 10.1. The fraction of sp³-hybridized carbons (Fsp3) is 0.636. The Hall–Kier alpha value is 0.620. The molecule has 0 radical (unpaired) electrons. The van der Waals surface area contributed by atoms with Crippen molar-refractivity contribution >= 4 is 43.2 Å². The van der Waals surface area contributed by atoms with Crippen LogP contribution in [0.2, 0.25) is 0 Å². The summed E-state index contributed by atoms with van der Waals surface area (Å²) in [6.07, 6.45) is 5.93. The van der Waals surface area contributed by atoms with Crippen molar-refractivity contribution in [1.29, 1.82) is 0 Å². The van der Waals surface area contributed by atoms with Gasteiger partial charge >= 0.3 is 0 Å². The molecular formula is C11H14Br2OS. The number of aliphatic hydroxyl groups excluding tert-OH is 1. The largest absolute Gasteiger partial charge is 0.388 e. The average molecular weight is 354 g/mol. The van der Waals surface area contributed by atoms with E-state index in [1.807, 2.05) is 6.07 Å². The third kappa shape index (κ3) is 3.05. The number of thiophene rings is 1. The molecule has 0 spiro atoms. The summed E-state index contributed by atoms with van der Waals surface area (Å²) < 4.78 is 2.12. The minimum atomic E-state index is -0.277. The summed E-state index contributed by atoms with van der Waals surface area (Å²) in [7, 11) is 0. The summed E-state index contributed by atoms with van der Waals surface area (Å²) in [5, 5.41) is 10.1. The maximum atomic E-state index is 10.1. The lowest BCUT2D eigenvalue weighted by Gasteiger charge is -2.13. The van der Waals surface area contributed by atoms with E-state index in [2.05, 4.69) is 31.9 Å². The van der Waals surface area contributed by atoms with Gasteiger partial charge in [-0.2, -0.15) is 0 Å². The SMILES string of the molecule is OC(CC1CCCC1)c1cc(Br)c(Br)s1. The zero-order chi connectivity index (χ0) is 10.8. The van der Waals surface area contributed by atoms with Crippen molar-refractivity contribution in [3.05, 3.63) is 19.2 Å². The number of hydrogen-bond donors (Lipinski definition) is 1. The van der Waals surface area contributed by atoms with Gasteiger partial charge in [0.15, 0.2) is 0 Å². The number of hydrogen-bond acceptors (Lipinski definition) is 2. The molecule has 1 fully saturated rings. The molecule has 1 N–H and O–H groups in total. The van der Waals surface area contributed by atoms with Gasteiger partial charge in [0, 0.05) is 9.35 Å². The van der Waals surface area contributed by atoms with Crippen molar-refractivity contribution in [1.82, 2.24) is 0 Å². The van der Waals surface area contributed by atoms with Crippen LogP contribution in [0.3, 0.4) is 0 Å². The molecule has 0 amide bonds. The molecule has 1 aromatic rings. The Labute approximate surface area is 111 Å². The Bertz CT molecular complexity index is 312. The Kier molecular flexibility index (Phi) is 4.27. The van der Waals surface area contributed by atoms with Crippen LogP contribution in [0.4, 0.5) is 0 Å². The molecule has 1 atom stereocenters. The number of halogens is 2. The third-order valence-corrected chi connectivity index (χ3v) is 6.38. The van der Waals surface area contributed by atoms with Crippen LogP contribution in [0, 0.1) is 5.92 Å². The van der Waals surface area contributed by atoms with E-state index in [1.165, 1.54) is 25.7 Å². The number of rotatable bonds is 3. The topological polar surface area (TPSA) is 20.2 Å². The van der Waals surface area contributed by atoms with Crippen LogP contribution in [0.5, 0.6) is 0 Å². The molecule has 1 saturated carbocycles.